The van der Waals surface area contributed by atoms with Gasteiger partial charge in [-0.25, -0.2) is 31.5 Å². The fourth-order valence-electron chi connectivity index (χ4n) is 4.44. The molecule has 1 saturated heterocycles. The number of rotatable bonds is 6. The van der Waals surface area contributed by atoms with Gasteiger partial charge >= 0.3 is 0 Å². The van der Waals surface area contributed by atoms with Gasteiger partial charge in [-0.3, -0.25) is 0 Å². The molecule has 186 valence electrons. The molecule has 0 saturated carbocycles. The summed E-state index contributed by atoms with van der Waals surface area (Å²) in [6.45, 7) is 0.262. The van der Waals surface area contributed by atoms with Crippen LogP contribution in [0.5, 0.6) is 5.88 Å². The van der Waals surface area contributed by atoms with E-state index in [1.165, 1.54) is 17.7 Å². The molecule has 1 N–H and O–H groups in total. The summed E-state index contributed by atoms with van der Waals surface area (Å²) in [5.74, 6) is -1.52. The van der Waals surface area contributed by atoms with Crippen LogP contribution in [0.1, 0.15) is 6.42 Å². The highest BCUT2D eigenvalue weighted by molar-refractivity contribution is 5.90. The van der Waals surface area contributed by atoms with Gasteiger partial charge in [0, 0.05) is 13.1 Å². The Morgan fingerprint density at radius 3 is 2.74 bits per heavy atom. The van der Waals surface area contributed by atoms with Crippen molar-refractivity contribution in [3.05, 3.63) is 36.3 Å². The minimum Gasteiger partial charge on any atom is -0.479 e. The van der Waals surface area contributed by atoms with Gasteiger partial charge in [0.1, 0.15) is 17.2 Å². The normalized spacial score (nSPS) is 19.2. The van der Waals surface area contributed by atoms with Crippen molar-refractivity contribution < 1.29 is 26.7 Å². The number of nitrogens with one attached hydrogen (secondary N) is 1. The molecule has 2 atom stereocenters. The molecular formula is C22H22F5N7O. The topological polar surface area (TPSA) is 72.5 Å². The van der Waals surface area contributed by atoms with Crippen LogP contribution >= 0.6 is 0 Å². The molecule has 8 nitrogen and oxygen atoms in total. The lowest BCUT2D eigenvalue weighted by molar-refractivity contribution is 0.128. The Labute approximate surface area is 196 Å². The van der Waals surface area contributed by atoms with Gasteiger partial charge in [-0.2, -0.15) is 4.98 Å². The number of fused-ring (bicyclic) bond motifs is 2. The predicted octanol–water partition coefficient (Wildman–Crippen LogP) is 3.75. The second-order valence-electron chi connectivity index (χ2n) is 8.52. The molecule has 0 amide bonds. The maximum atomic E-state index is 15.2. The average molecular weight is 495 g/mol. The number of nitrogens with zero attached hydrogens (tertiary/aromatic N) is 6. The Kier molecular flexibility index (Phi) is 5.95. The second-order valence-corrected chi connectivity index (χ2v) is 8.52. The van der Waals surface area contributed by atoms with Crippen molar-refractivity contribution in [2.24, 2.45) is 0 Å². The molecule has 13 heteroatoms. The molecule has 0 spiro atoms. The summed E-state index contributed by atoms with van der Waals surface area (Å²) >= 11 is 0. The van der Waals surface area contributed by atoms with Crippen LogP contribution in [0.2, 0.25) is 0 Å². The highest BCUT2D eigenvalue weighted by Gasteiger charge is 2.29. The Bertz CT molecular complexity index is 1390. The number of methoxy groups -OCH3 is 1. The van der Waals surface area contributed by atoms with Crippen LogP contribution in [-0.2, 0) is 6.54 Å². The van der Waals surface area contributed by atoms with Crippen LogP contribution in [0.25, 0.3) is 27.7 Å². The molecule has 0 bridgehead atoms. The monoisotopic (exact) mass is 495 g/mol. The van der Waals surface area contributed by atoms with E-state index in [4.69, 9.17) is 4.74 Å². The molecule has 3 aromatic heterocycles. The number of halogens is 5. The van der Waals surface area contributed by atoms with Crippen molar-refractivity contribution in [3.8, 4) is 17.0 Å². The lowest BCUT2D eigenvalue weighted by Crippen LogP contribution is -2.46. The molecule has 1 aromatic carbocycles. The number of benzene rings is 1. The number of hydrogen-bond donors (Lipinski definition) is 1. The zero-order valence-electron chi connectivity index (χ0n) is 18.9. The number of imidazole rings is 1. The van der Waals surface area contributed by atoms with E-state index < -0.39 is 36.8 Å². The smallest absolute Gasteiger partial charge is 0.256 e. The van der Waals surface area contributed by atoms with Crippen LogP contribution in [0.3, 0.4) is 0 Å². The maximum absolute atomic E-state index is 15.2. The van der Waals surface area contributed by atoms with Crippen molar-refractivity contribution in [2.75, 3.05) is 32.6 Å². The summed E-state index contributed by atoms with van der Waals surface area (Å²) in [5, 5.41) is 7.21. The first-order chi connectivity index (χ1) is 16.7. The maximum Gasteiger partial charge on any atom is 0.256 e. The van der Waals surface area contributed by atoms with Gasteiger partial charge in [-0.05, 0) is 31.2 Å². The summed E-state index contributed by atoms with van der Waals surface area (Å²) in [4.78, 5) is 10.0. The molecular weight excluding hydrogens is 473 g/mol. The van der Waals surface area contributed by atoms with Gasteiger partial charge in [0.25, 0.3) is 6.43 Å². The molecule has 0 radical (unpaired) electrons. The van der Waals surface area contributed by atoms with Crippen LogP contribution in [0, 0.1) is 11.6 Å². The van der Waals surface area contributed by atoms with Gasteiger partial charge in [-0.15, -0.1) is 5.10 Å². The lowest BCUT2D eigenvalue weighted by Gasteiger charge is -2.32. The number of aromatic nitrogens is 5. The number of likely N-dealkylation sites (tertiary alicyclic amines) is 1. The lowest BCUT2D eigenvalue weighted by atomic mass is 10.0. The van der Waals surface area contributed by atoms with E-state index in [9.17, 15) is 17.6 Å². The molecule has 0 aliphatic carbocycles. The third-order valence-corrected chi connectivity index (χ3v) is 6.11. The van der Waals surface area contributed by atoms with E-state index in [1.807, 2.05) is 11.9 Å². The summed E-state index contributed by atoms with van der Waals surface area (Å²) in [6, 6.07) is 1.92. The Morgan fingerprint density at radius 2 is 2.03 bits per heavy atom. The number of anilines is 1. The van der Waals surface area contributed by atoms with Crippen molar-refractivity contribution in [1.29, 1.82) is 0 Å². The fourth-order valence-corrected chi connectivity index (χ4v) is 4.44. The van der Waals surface area contributed by atoms with Gasteiger partial charge in [0.05, 0.1) is 43.3 Å². The highest BCUT2D eigenvalue weighted by Crippen LogP contribution is 2.36. The zero-order valence-corrected chi connectivity index (χ0v) is 18.9. The SMILES string of the molecule is COc1nc(N[C@@H]2CCN(C)C[C@@H]2F)nn2cc(F)c(-c3cc(F)c4ncn(CC(F)F)c4c3)c12. The third kappa shape index (κ3) is 4.24. The largest absolute Gasteiger partial charge is 0.479 e. The first kappa shape index (κ1) is 23.3. The number of piperidine rings is 1. The van der Waals surface area contributed by atoms with Gasteiger partial charge in [0.15, 0.2) is 11.6 Å². The standard InChI is InChI=1S/C22H22F5N7O/c1-32-4-3-15(13(24)7-32)29-22-30-21(35-2)20-18(14(25)8-34(20)31-22)11-5-12(23)19-16(6-11)33(10-28-19)9-17(26)27/h5-6,8,10,13,15,17H,3-4,7,9H2,1-2H3,(H,29,31)/t13-,15+/m0/s1. The van der Waals surface area contributed by atoms with Crippen LogP contribution < -0.4 is 10.1 Å². The minimum absolute atomic E-state index is 0.0219. The Balaban J connectivity index is 1.59. The van der Waals surface area contributed by atoms with Gasteiger partial charge in [0.2, 0.25) is 11.8 Å². The molecule has 0 unspecified atom stereocenters. The number of ether oxygens (including phenoxy) is 1. The zero-order chi connectivity index (χ0) is 24.9. The van der Waals surface area contributed by atoms with Gasteiger partial charge in [-0.1, -0.05) is 0 Å². The average Bonchev–Trinajstić information content (AvgIpc) is 3.35. The van der Waals surface area contributed by atoms with E-state index in [0.29, 0.717) is 13.0 Å². The van der Waals surface area contributed by atoms with Crippen LogP contribution in [0.4, 0.5) is 27.9 Å². The highest BCUT2D eigenvalue weighted by atomic mass is 19.3. The van der Waals surface area contributed by atoms with Crippen molar-refractivity contribution in [3.63, 3.8) is 0 Å². The van der Waals surface area contributed by atoms with E-state index in [-0.39, 0.29) is 46.1 Å². The van der Waals surface area contributed by atoms with E-state index in [1.54, 1.807) is 0 Å². The Morgan fingerprint density at radius 1 is 1.23 bits per heavy atom. The van der Waals surface area contributed by atoms with Crippen molar-refractivity contribution >= 4 is 22.5 Å². The van der Waals surface area contributed by atoms with Crippen molar-refractivity contribution in [1.82, 2.24) is 29.0 Å². The molecule has 4 aromatic rings. The Hall–Kier alpha value is -3.48. The molecule has 5 rings (SSSR count). The molecule has 35 heavy (non-hydrogen) atoms. The van der Waals surface area contributed by atoms with E-state index in [0.717, 1.165) is 23.2 Å². The molecule has 4 heterocycles. The summed E-state index contributed by atoms with van der Waals surface area (Å²) in [7, 11) is 3.16. The second kappa shape index (κ2) is 8.95. The first-order valence-corrected chi connectivity index (χ1v) is 10.9. The first-order valence-electron chi connectivity index (χ1n) is 10.9. The molecule has 1 fully saturated rings. The molecule has 1 aliphatic rings. The van der Waals surface area contributed by atoms with E-state index in [2.05, 4.69) is 20.4 Å². The quantitative estimate of drug-likeness (QED) is 0.411. The summed E-state index contributed by atoms with van der Waals surface area (Å²) in [6.07, 6.45) is -1.12. The molecule has 1 aliphatic heterocycles. The minimum atomic E-state index is -2.68. The number of hydrogen-bond acceptors (Lipinski definition) is 6. The summed E-state index contributed by atoms with van der Waals surface area (Å²) in [5.41, 5.74) is 0.101. The van der Waals surface area contributed by atoms with E-state index >= 15 is 4.39 Å². The van der Waals surface area contributed by atoms with Crippen LogP contribution in [-0.4, -0.2) is 74.9 Å². The van der Waals surface area contributed by atoms with Gasteiger partial charge < -0.3 is 19.5 Å². The number of alkyl halides is 3. The predicted molar refractivity (Wildman–Crippen MR) is 119 cm³/mol. The van der Waals surface area contributed by atoms with Crippen LogP contribution in [0.15, 0.2) is 24.7 Å². The third-order valence-electron chi connectivity index (χ3n) is 6.11. The van der Waals surface area contributed by atoms with Crippen molar-refractivity contribution in [2.45, 2.75) is 31.6 Å². The fraction of sp³-hybridized carbons (Fsp3) is 0.409. The summed E-state index contributed by atoms with van der Waals surface area (Å²) < 4.78 is 78.0.